The molecule has 0 bridgehead atoms. The number of rotatable bonds is 2. The lowest BCUT2D eigenvalue weighted by molar-refractivity contribution is -0.118. The minimum atomic E-state index is -0.0987. The number of anilines is 1. The van der Waals surface area contributed by atoms with Gasteiger partial charge in [0, 0.05) is 25.4 Å². The van der Waals surface area contributed by atoms with Crippen molar-refractivity contribution in [2.75, 3.05) is 11.6 Å². The summed E-state index contributed by atoms with van der Waals surface area (Å²) in [5.41, 5.74) is 6.27. The number of carbonyl (C=O) groups is 1. The third kappa shape index (κ3) is 1.99. The summed E-state index contributed by atoms with van der Waals surface area (Å²) in [4.78, 5) is 19.5. The normalized spacial score (nSPS) is 16.5. The molecule has 1 aliphatic rings. The van der Waals surface area contributed by atoms with E-state index in [9.17, 15) is 4.79 Å². The summed E-state index contributed by atoms with van der Waals surface area (Å²) in [5.74, 6) is 0.201. The molecule has 0 spiro atoms. The van der Waals surface area contributed by atoms with Crippen LogP contribution in [0.3, 0.4) is 0 Å². The number of hydrazone groups is 1. The highest BCUT2D eigenvalue weighted by Crippen LogP contribution is 2.14. The zero-order valence-corrected chi connectivity index (χ0v) is 8.13. The zero-order chi connectivity index (χ0) is 10.7. The fraction of sp³-hybridized carbons (Fsp3) is 0.333. The lowest BCUT2D eigenvalue weighted by Gasteiger charge is -2.20. The molecule has 0 radical (unpaired) electrons. The van der Waals surface area contributed by atoms with Crippen LogP contribution in [0.4, 0.5) is 5.95 Å². The van der Waals surface area contributed by atoms with Crippen molar-refractivity contribution < 1.29 is 4.79 Å². The van der Waals surface area contributed by atoms with Gasteiger partial charge in [-0.25, -0.2) is 9.97 Å². The number of nitrogens with zero attached hydrogens (tertiary/aromatic N) is 4. The first-order valence-corrected chi connectivity index (χ1v) is 4.67. The van der Waals surface area contributed by atoms with E-state index in [4.69, 9.17) is 5.73 Å². The predicted octanol–water partition coefficient (Wildman–Crippen LogP) is -0.0819. The van der Waals surface area contributed by atoms with Gasteiger partial charge in [0.25, 0.3) is 5.95 Å². The van der Waals surface area contributed by atoms with Gasteiger partial charge in [0.2, 0.25) is 5.91 Å². The van der Waals surface area contributed by atoms with Crippen molar-refractivity contribution >= 4 is 17.6 Å². The van der Waals surface area contributed by atoms with Crippen LogP contribution in [0.2, 0.25) is 0 Å². The Kier molecular flexibility index (Phi) is 2.68. The van der Waals surface area contributed by atoms with E-state index >= 15 is 0 Å². The van der Waals surface area contributed by atoms with E-state index in [1.807, 2.05) is 0 Å². The van der Waals surface area contributed by atoms with Crippen LogP contribution in [-0.2, 0) is 4.79 Å². The van der Waals surface area contributed by atoms with Crippen molar-refractivity contribution in [3.63, 3.8) is 0 Å². The van der Waals surface area contributed by atoms with Crippen molar-refractivity contribution in [2.45, 2.75) is 12.8 Å². The maximum Gasteiger partial charge on any atom is 0.253 e. The standard InChI is InChI=1S/C9H11N5O/c10-6-7-2-3-8(15)14(13-7)9-11-4-1-5-12-9/h1,4-5H,2-3,6,10H2. The minimum Gasteiger partial charge on any atom is -0.325 e. The fourth-order valence-electron chi connectivity index (χ4n) is 1.30. The molecule has 2 N–H and O–H groups in total. The van der Waals surface area contributed by atoms with Gasteiger partial charge in [0.1, 0.15) is 0 Å². The molecular weight excluding hydrogens is 194 g/mol. The van der Waals surface area contributed by atoms with Crippen LogP contribution < -0.4 is 10.7 Å². The molecule has 0 aromatic carbocycles. The van der Waals surface area contributed by atoms with E-state index < -0.39 is 0 Å². The molecule has 0 saturated heterocycles. The van der Waals surface area contributed by atoms with Crippen LogP contribution in [0.1, 0.15) is 12.8 Å². The summed E-state index contributed by atoms with van der Waals surface area (Å²) in [7, 11) is 0. The molecule has 1 aromatic rings. The van der Waals surface area contributed by atoms with E-state index in [1.54, 1.807) is 18.5 Å². The van der Waals surface area contributed by atoms with Crippen molar-refractivity contribution in [1.29, 1.82) is 0 Å². The largest absolute Gasteiger partial charge is 0.325 e. The number of nitrogens with two attached hydrogens (primary N) is 1. The smallest absolute Gasteiger partial charge is 0.253 e. The maximum absolute atomic E-state index is 11.6. The van der Waals surface area contributed by atoms with E-state index in [2.05, 4.69) is 15.1 Å². The Balaban J connectivity index is 2.31. The Morgan fingerprint density at radius 3 is 2.73 bits per heavy atom. The van der Waals surface area contributed by atoms with Crippen LogP contribution in [0, 0.1) is 0 Å². The number of amides is 1. The lowest BCUT2D eigenvalue weighted by atomic mass is 10.2. The molecule has 0 aliphatic carbocycles. The fourth-order valence-corrected chi connectivity index (χ4v) is 1.30. The average molecular weight is 205 g/mol. The van der Waals surface area contributed by atoms with E-state index in [-0.39, 0.29) is 5.91 Å². The highest BCUT2D eigenvalue weighted by molar-refractivity contribution is 6.01. The quantitative estimate of drug-likeness (QED) is 0.731. The van der Waals surface area contributed by atoms with E-state index in [0.717, 1.165) is 5.71 Å². The Morgan fingerprint density at radius 1 is 1.33 bits per heavy atom. The Hall–Kier alpha value is -1.82. The first kappa shape index (κ1) is 9.72. The molecule has 0 atom stereocenters. The Labute approximate surface area is 86.8 Å². The van der Waals surface area contributed by atoms with Gasteiger partial charge in [-0.15, -0.1) is 0 Å². The Bertz CT molecular complexity index is 389. The van der Waals surface area contributed by atoms with Crippen molar-refractivity contribution in [1.82, 2.24) is 9.97 Å². The van der Waals surface area contributed by atoms with E-state index in [1.165, 1.54) is 5.01 Å². The van der Waals surface area contributed by atoms with Gasteiger partial charge in [0.15, 0.2) is 0 Å². The SMILES string of the molecule is NCC1=NN(c2ncccn2)C(=O)CC1. The lowest BCUT2D eigenvalue weighted by Crippen LogP contribution is -2.34. The molecule has 0 saturated carbocycles. The van der Waals surface area contributed by atoms with Crippen LogP contribution in [0.25, 0.3) is 0 Å². The van der Waals surface area contributed by atoms with Gasteiger partial charge in [-0.3, -0.25) is 4.79 Å². The molecule has 1 aromatic heterocycles. The van der Waals surface area contributed by atoms with Gasteiger partial charge in [-0.1, -0.05) is 0 Å². The molecule has 6 nitrogen and oxygen atoms in total. The zero-order valence-electron chi connectivity index (χ0n) is 8.13. The summed E-state index contributed by atoms with van der Waals surface area (Å²) in [6.07, 6.45) is 4.18. The van der Waals surface area contributed by atoms with Gasteiger partial charge in [-0.05, 0) is 12.5 Å². The summed E-state index contributed by atoms with van der Waals surface area (Å²) in [6.45, 7) is 0.358. The summed E-state index contributed by atoms with van der Waals surface area (Å²) in [6, 6.07) is 1.69. The maximum atomic E-state index is 11.6. The monoisotopic (exact) mass is 205 g/mol. The summed E-state index contributed by atoms with van der Waals surface area (Å²) in [5, 5.41) is 5.32. The van der Waals surface area contributed by atoms with Gasteiger partial charge >= 0.3 is 0 Å². The summed E-state index contributed by atoms with van der Waals surface area (Å²) < 4.78 is 0. The first-order chi connectivity index (χ1) is 7.31. The van der Waals surface area contributed by atoms with Gasteiger partial charge in [-0.2, -0.15) is 10.1 Å². The molecule has 1 amide bonds. The Morgan fingerprint density at radius 2 is 2.07 bits per heavy atom. The molecule has 0 unspecified atom stereocenters. The molecule has 78 valence electrons. The molecular formula is C9H11N5O. The highest BCUT2D eigenvalue weighted by Gasteiger charge is 2.22. The van der Waals surface area contributed by atoms with Gasteiger partial charge < -0.3 is 5.73 Å². The van der Waals surface area contributed by atoms with Gasteiger partial charge in [0.05, 0.1) is 5.71 Å². The highest BCUT2D eigenvalue weighted by atomic mass is 16.2. The van der Waals surface area contributed by atoms with Crippen molar-refractivity contribution in [2.24, 2.45) is 10.8 Å². The first-order valence-electron chi connectivity index (χ1n) is 4.67. The molecule has 0 fully saturated rings. The number of aromatic nitrogens is 2. The second kappa shape index (κ2) is 4.14. The molecule has 2 heterocycles. The second-order valence-corrected chi connectivity index (χ2v) is 3.12. The second-order valence-electron chi connectivity index (χ2n) is 3.12. The number of carbonyl (C=O) groups excluding carboxylic acids is 1. The number of hydrogen-bond donors (Lipinski definition) is 1. The molecule has 15 heavy (non-hydrogen) atoms. The molecule has 1 aliphatic heterocycles. The minimum absolute atomic E-state index is 0.0987. The van der Waals surface area contributed by atoms with Crippen LogP contribution in [0.15, 0.2) is 23.6 Å². The topological polar surface area (TPSA) is 84.5 Å². The number of hydrogen-bond acceptors (Lipinski definition) is 5. The summed E-state index contributed by atoms with van der Waals surface area (Å²) >= 11 is 0. The van der Waals surface area contributed by atoms with E-state index in [0.29, 0.717) is 25.3 Å². The molecule has 2 rings (SSSR count). The average Bonchev–Trinajstić information content (AvgIpc) is 2.31. The third-order valence-corrected chi connectivity index (χ3v) is 2.08. The van der Waals surface area contributed by atoms with Crippen molar-refractivity contribution in [3.05, 3.63) is 18.5 Å². The van der Waals surface area contributed by atoms with Crippen molar-refractivity contribution in [3.8, 4) is 0 Å². The third-order valence-electron chi connectivity index (χ3n) is 2.08. The molecule has 6 heteroatoms. The van der Waals surface area contributed by atoms with Crippen LogP contribution in [-0.4, -0.2) is 28.1 Å². The van der Waals surface area contributed by atoms with Crippen LogP contribution >= 0.6 is 0 Å². The predicted molar refractivity (Wildman–Crippen MR) is 55.2 cm³/mol. The van der Waals surface area contributed by atoms with Crippen LogP contribution in [0.5, 0.6) is 0 Å².